The van der Waals surface area contributed by atoms with Crippen LogP contribution in [-0.4, -0.2) is 35.2 Å². The molecule has 1 aromatic carbocycles. The van der Waals surface area contributed by atoms with Gasteiger partial charge in [-0.3, -0.25) is 4.79 Å². The third-order valence-electron chi connectivity index (χ3n) is 3.14. The van der Waals surface area contributed by atoms with Crippen LogP contribution in [0.5, 0.6) is 0 Å². The number of nitrogens with two attached hydrogens (primary N) is 1. The van der Waals surface area contributed by atoms with E-state index in [1.54, 1.807) is 19.6 Å². The highest BCUT2D eigenvalue weighted by Gasteiger charge is 2.15. The van der Waals surface area contributed by atoms with Gasteiger partial charge >= 0.3 is 0 Å². The summed E-state index contributed by atoms with van der Waals surface area (Å²) in [6.07, 6.45) is 6.54. The van der Waals surface area contributed by atoms with Crippen LogP contribution in [0.3, 0.4) is 0 Å². The molecule has 6 nitrogen and oxygen atoms in total. The van der Waals surface area contributed by atoms with Gasteiger partial charge in [-0.1, -0.05) is 12.1 Å². The molecule has 1 aromatic heterocycles. The number of hydrogen-bond donors (Lipinski definition) is 2. The highest BCUT2D eigenvalue weighted by molar-refractivity contribution is 5.96. The van der Waals surface area contributed by atoms with Crippen molar-refractivity contribution in [3.63, 3.8) is 0 Å². The van der Waals surface area contributed by atoms with E-state index in [1.165, 1.54) is 0 Å². The lowest BCUT2D eigenvalue weighted by atomic mass is 10.1. The van der Waals surface area contributed by atoms with Crippen LogP contribution in [0.25, 0.3) is 5.69 Å². The number of nitrogens with one attached hydrogen (secondary N) is 1. The fourth-order valence-corrected chi connectivity index (χ4v) is 2.01. The highest BCUT2D eigenvalue weighted by atomic mass is 16.5. The Morgan fingerprint density at radius 1 is 1.48 bits per heavy atom. The van der Waals surface area contributed by atoms with Gasteiger partial charge in [0, 0.05) is 26.1 Å². The molecule has 0 saturated heterocycles. The quantitative estimate of drug-likeness (QED) is 0.758. The van der Waals surface area contributed by atoms with Crippen LogP contribution in [0.4, 0.5) is 5.69 Å². The Balaban J connectivity index is 2.04. The molecule has 0 aliphatic heterocycles. The average Bonchev–Trinajstić information content (AvgIpc) is 3.02. The summed E-state index contributed by atoms with van der Waals surface area (Å²) in [7, 11) is 1.63. The number of hydrogen-bond acceptors (Lipinski definition) is 4. The molecule has 0 aliphatic carbocycles. The van der Waals surface area contributed by atoms with Gasteiger partial charge in [-0.05, 0) is 25.0 Å². The maximum Gasteiger partial charge on any atom is 0.241 e. The third-order valence-corrected chi connectivity index (χ3v) is 3.14. The lowest BCUT2D eigenvalue weighted by Crippen LogP contribution is -2.36. The molecule has 21 heavy (non-hydrogen) atoms. The fourth-order valence-electron chi connectivity index (χ4n) is 2.01. The zero-order chi connectivity index (χ0) is 15.1. The summed E-state index contributed by atoms with van der Waals surface area (Å²) in [5.74, 6) is -0.196. The Bertz CT molecular complexity index is 569. The molecule has 0 fully saturated rings. The van der Waals surface area contributed by atoms with Crippen molar-refractivity contribution in [2.45, 2.75) is 18.9 Å². The molecular weight excluding hydrogens is 268 g/mol. The van der Waals surface area contributed by atoms with Gasteiger partial charge in [0.2, 0.25) is 5.91 Å². The first-order chi connectivity index (χ1) is 10.2. The summed E-state index contributed by atoms with van der Waals surface area (Å²) in [6, 6.07) is 6.98. The van der Waals surface area contributed by atoms with Crippen LogP contribution in [0.2, 0.25) is 0 Å². The monoisotopic (exact) mass is 288 g/mol. The first-order valence-electron chi connectivity index (χ1n) is 6.85. The van der Waals surface area contributed by atoms with Crippen LogP contribution in [-0.2, 0) is 9.53 Å². The minimum absolute atomic E-state index is 0.196. The molecular formula is C15H20N4O2. The molecule has 112 valence electrons. The number of amides is 1. The number of methoxy groups -OCH3 is 1. The Kier molecular flexibility index (Phi) is 5.48. The lowest BCUT2D eigenvalue weighted by molar-refractivity contribution is -0.117. The van der Waals surface area contributed by atoms with Crippen molar-refractivity contribution in [3.8, 4) is 5.69 Å². The maximum absolute atomic E-state index is 12.1. The number of aromatic nitrogens is 2. The first-order valence-corrected chi connectivity index (χ1v) is 6.85. The molecule has 2 aromatic rings. The largest absolute Gasteiger partial charge is 0.385 e. The third kappa shape index (κ3) is 4.14. The van der Waals surface area contributed by atoms with Crippen LogP contribution in [0.15, 0.2) is 43.0 Å². The molecule has 1 amide bonds. The lowest BCUT2D eigenvalue weighted by Gasteiger charge is -2.15. The van der Waals surface area contributed by atoms with Crippen LogP contribution < -0.4 is 11.1 Å². The summed E-state index contributed by atoms with van der Waals surface area (Å²) in [5, 5.41) is 2.87. The van der Waals surface area contributed by atoms with E-state index in [0.29, 0.717) is 18.7 Å². The summed E-state index contributed by atoms with van der Waals surface area (Å²) >= 11 is 0. The molecule has 0 radical (unpaired) electrons. The standard InChI is InChI=1S/C15H20N4O2/c1-21-10-4-5-12(16)15(20)18-13-6-2-3-7-14(13)19-9-8-17-11-19/h2-3,6-9,11-12H,4-5,10,16H2,1H3,(H,18,20). The maximum atomic E-state index is 12.1. The zero-order valence-corrected chi connectivity index (χ0v) is 12.0. The summed E-state index contributed by atoms with van der Waals surface area (Å²) < 4.78 is 6.80. The summed E-state index contributed by atoms with van der Waals surface area (Å²) in [6.45, 7) is 0.604. The van der Waals surface area contributed by atoms with E-state index in [4.69, 9.17) is 10.5 Å². The molecule has 0 aliphatic rings. The second-order valence-electron chi connectivity index (χ2n) is 4.72. The number of benzene rings is 1. The van der Waals surface area contributed by atoms with Gasteiger partial charge in [-0.2, -0.15) is 0 Å². The van der Waals surface area contributed by atoms with Gasteiger partial charge < -0.3 is 20.4 Å². The van der Waals surface area contributed by atoms with Gasteiger partial charge in [0.25, 0.3) is 0 Å². The molecule has 1 heterocycles. The molecule has 0 spiro atoms. The van der Waals surface area contributed by atoms with E-state index < -0.39 is 6.04 Å². The Morgan fingerprint density at radius 3 is 3.00 bits per heavy atom. The molecule has 3 N–H and O–H groups in total. The number of anilines is 1. The van der Waals surface area contributed by atoms with E-state index in [-0.39, 0.29) is 5.91 Å². The summed E-state index contributed by atoms with van der Waals surface area (Å²) in [5.41, 5.74) is 7.45. The Hall–Kier alpha value is -2.18. The molecule has 2 rings (SSSR count). The Morgan fingerprint density at radius 2 is 2.29 bits per heavy atom. The molecule has 0 bridgehead atoms. The molecule has 6 heteroatoms. The van der Waals surface area contributed by atoms with E-state index in [9.17, 15) is 4.79 Å². The molecule has 0 saturated carbocycles. The van der Waals surface area contributed by atoms with E-state index in [1.807, 2.05) is 35.0 Å². The average molecular weight is 288 g/mol. The van der Waals surface area contributed by atoms with Gasteiger partial charge in [0.1, 0.15) is 0 Å². The number of rotatable bonds is 7. The van der Waals surface area contributed by atoms with Gasteiger partial charge in [-0.15, -0.1) is 0 Å². The van der Waals surface area contributed by atoms with Crippen LogP contribution in [0.1, 0.15) is 12.8 Å². The number of para-hydroxylation sites is 2. The summed E-state index contributed by atoms with van der Waals surface area (Å²) in [4.78, 5) is 16.1. The minimum Gasteiger partial charge on any atom is -0.385 e. The van der Waals surface area contributed by atoms with Crippen molar-refractivity contribution in [1.29, 1.82) is 0 Å². The second kappa shape index (κ2) is 7.56. The van der Waals surface area contributed by atoms with Crippen molar-refractivity contribution in [2.24, 2.45) is 5.73 Å². The number of carbonyl (C=O) groups excluding carboxylic acids is 1. The van der Waals surface area contributed by atoms with Crippen LogP contribution in [0, 0.1) is 0 Å². The van der Waals surface area contributed by atoms with E-state index >= 15 is 0 Å². The van der Waals surface area contributed by atoms with Crippen molar-refractivity contribution >= 4 is 11.6 Å². The van der Waals surface area contributed by atoms with Crippen LogP contribution >= 0.6 is 0 Å². The van der Waals surface area contributed by atoms with Crippen molar-refractivity contribution in [2.75, 3.05) is 19.0 Å². The normalized spacial score (nSPS) is 12.1. The van der Waals surface area contributed by atoms with Crippen molar-refractivity contribution in [1.82, 2.24) is 9.55 Å². The Labute approximate surface area is 123 Å². The SMILES string of the molecule is COCCCC(N)C(=O)Nc1ccccc1-n1ccnc1. The van der Waals surface area contributed by atoms with Gasteiger partial charge in [0.15, 0.2) is 0 Å². The highest BCUT2D eigenvalue weighted by Crippen LogP contribution is 2.19. The van der Waals surface area contributed by atoms with Gasteiger partial charge in [0.05, 0.1) is 23.7 Å². The number of nitrogens with zero attached hydrogens (tertiary/aromatic N) is 2. The zero-order valence-electron chi connectivity index (χ0n) is 12.0. The van der Waals surface area contributed by atoms with E-state index in [2.05, 4.69) is 10.3 Å². The van der Waals surface area contributed by atoms with E-state index in [0.717, 1.165) is 12.1 Å². The van der Waals surface area contributed by atoms with Crippen molar-refractivity contribution in [3.05, 3.63) is 43.0 Å². The smallest absolute Gasteiger partial charge is 0.241 e. The second-order valence-corrected chi connectivity index (χ2v) is 4.72. The number of imidazole rings is 1. The predicted octanol–water partition coefficient (Wildman–Crippen LogP) is 1.56. The predicted molar refractivity (Wildman–Crippen MR) is 81.3 cm³/mol. The topological polar surface area (TPSA) is 82.2 Å². The van der Waals surface area contributed by atoms with Gasteiger partial charge in [-0.25, -0.2) is 4.98 Å². The number of carbonyl (C=O) groups is 1. The fraction of sp³-hybridized carbons (Fsp3) is 0.333. The molecule has 1 atom stereocenters. The first kappa shape index (κ1) is 15.2. The number of ether oxygens (including phenoxy) is 1. The van der Waals surface area contributed by atoms with Crippen molar-refractivity contribution < 1.29 is 9.53 Å². The molecule has 1 unspecified atom stereocenters. The minimum atomic E-state index is -0.545.